The molecule has 0 bridgehead atoms. The maximum Gasteiger partial charge on any atom is 0.0739 e. The summed E-state index contributed by atoms with van der Waals surface area (Å²) < 4.78 is 5.46. The third-order valence-corrected chi connectivity index (χ3v) is 14.8. The van der Waals surface area contributed by atoms with Crippen LogP contribution >= 0.6 is 0 Å². The van der Waals surface area contributed by atoms with E-state index in [0.29, 0.717) is 0 Å². The third-order valence-electron chi connectivity index (χ3n) is 14.8. The van der Waals surface area contributed by atoms with Crippen molar-refractivity contribution in [2.75, 3.05) is 0 Å². The molecular formula is C66H52N2. The predicted octanol–water partition coefficient (Wildman–Crippen LogP) is 18.8. The number of aryl methyl sites for hydroxylation is 2. The molecule has 0 spiro atoms. The fraction of sp³-hybridized carbons (Fsp3) is 0.121. The SMILES string of the molecule is CCCCn1c2c(-c3ccc4ccccc4c3)cc(-c3ccc4ccccc4c3)cc2c2ccc3c4cc(-c5ccc6ccccc6c5)cc(-c5ccc6ccccc6c5)c4n(CCCC)c3c21. The lowest BCUT2D eigenvalue weighted by Crippen LogP contribution is -2.03. The summed E-state index contributed by atoms with van der Waals surface area (Å²) in [7, 11) is 0. The first-order valence-corrected chi connectivity index (χ1v) is 24.7. The molecule has 0 fully saturated rings. The van der Waals surface area contributed by atoms with Gasteiger partial charge in [0.25, 0.3) is 0 Å². The summed E-state index contributed by atoms with van der Waals surface area (Å²) in [6.45, 7) is 6.52. The largest absolute Gasteiger partial charge is 0.338 e. The monoisotopic (exact) mass is 872 g/mol. The van der Waals surface area contributed by atoms with Crippen molar-refractivity contribution in [2.24, 2.45) is 0 Å². The van der Waals surface area contributed by atoms with E-state index in [0.717, 1.165) is 38.8 Å². The second-order valence-corrected chi connectivity index (χ2v) is 19.0. The topological polar surface area (TPSA) is 9.86 Å². The van der Waals surface area contributed by atoms with Gasteiger partial charge in [0.1, 0.15) is 0 Å². The third kappa shape index (κ3) is 6.61. The van der Waals surface area contributed by atoms with Crippen LogP contribution in [0.25, 0.3) is 131 Å². The maximum absolute atomic E-state index is 2.73. The van der Waals surface area contributed by atoms with Crippen molar-refractivity contribution in [3.05, 3.63) is 206 Å². The minimum absolute atomic E-state index is 0.931. The molecular weight excluding hydrogens is 821 g/mol. The fourth-order valence-electron chi connectivity index (χ4n) is 11.4. The van der Waals surface area contributed by atoms with Gasteiger partial charge in [0.2, 0.25) is 0 Å². The van der Waals surface area contributed by atoms with Gasteiger partial charge < -0.3 is 9.13 Å². The highest BCUT2D eigenvalue weighted by Crippen LogP contribution is 2.47. The average molecular weight is 873 g/mol. The zero-order chi connectivity index (χ0) is 45.3. The number of hydrogen-bond donors (Lipinski definition) is 0. The van der Waals surface area contributed by atoms with Crippen LogP contribution in [0.1, 0.15) is 39.5 Å². The van der Waals surface area contributed by atoms with Gasteiger partial charge in [-0.1, -0.05) is 184 Å². The van der Waals surface area contributed by atoms with Crippen molar-refractivity contribution in [1.29, 1.82) is 0 Å². The Kier molecular flexibility index (Phi) is 9.75. The summed E-state index contributed by atoms with van der Waals surface area (Å²) in [6, 6.07) is 78.0. The lowest BCUT2D eigenvalue weighted by molar-refractivity contribution is 0.655. The van der Waals surface area contributed by atoms with Gasteiger partial charge in [0.05, 0.1) is 22.1 Å². The van der Waals surface area contributed by atoms with Gasteiger partial charge in [-0.15, -0.1) is 0 Å². The van der Waals surface area contributed by atoms with E-state index in [1.165, 1.54) is 131 Å². The normalized spacial score (nSPS) is 12.0. The predicted molar refractivity (Wildman–Crippen MR) is 294 cm³/mol. The molecule has 68 heavy (non-hydrogen) atoms. The Hall–Kier alpha value is -7.94. The molecule has 0 N–H and O–H groups in total. The van der Waals surface area contributed by atoms with Crippen molar-refractivity contribution in [3.8, 4) is 44.5 Å². The second-order valence-electron chi connectivity index (χ2n) is 19.0. The number of fused-ring (bicyclic) bond motifs is 11. The number of rotatable bonds is 10. The molecule has 13 rings (SSSR count). The average Bonchev–Trinajstić information content (AvgIpc) is 3.90. The number of unbranched alkanes of at least 4 members (excludes halogenated alkanes) is 2. The standard InChI is InChI=1S/C66H52N2/c1-3-5-33-67-63-59(53-29-25-45-17-9-13-21-49(45)37-53)39-55(51-27-23-43-15-7-11-19-47(43)35-51)41-61(63)57-31-32-58-62-42-56(52-28-24-44-16-8-12-20-48(44)36-52)40-60(54-30-26-46-18-10-14-22-50(46)38-54)64(62)68(34-6-4-2)66(58)65(57)67/h7-32,35-42H,3-6,33-34H2,1-2H3. The number of nitrogens with zero attached hydrogens (tertiary/aromatic N) is 2. The lowest BCUT2D eigenvalue weighted by Gasteiger charge is -2.16. The Bertz CT molecular complexity index is 3850. The molecule has 0 aliphatic rings. The minimum atomic E-state index is 0.931. The number of aromatic nitrogens is 2. The van der Waals surface area contributed by atoms with Crippen molar-refractivity contribution in [2.45, 2.75) is 52.6 Å². The van der Waals surface area contributed by atoms with Crippen molar-refractivity contribution in [1.82, 2.24) is 9.13 Å². The molecule has 13 aromatic rings. The molecule has 0 unspecified atom stereocenters. The summed E-state index contributed by atoms with van der Waals surface area (Å²) in [5.74, 6) is 0. The Morgan fingerprint density at radius 2 is 0.588 bits per heavy atom. The Morgan fingerprint density at radius 1 is 0.265 bits per heavy atom. The first-order valence-electron chi connectivity index (χ1n) is 24.7. The first kappa shape index (κ1) is 40.3. The molecule has 2 aromatic heterocycles. The number of hydrogen-bond acceptors (Lipinski definition) is 0. The fourth-order valence-corrected chi connectivity index (χ4v) is 11.4. The summed E-state index contributed by atoms with van der Waals surface area (Å²) in [5.41, 5.74) is 15.3. The molecule has 2 heterocycles. The summed E-state index contributed by atoms with van der Waals surface area (Å²) in [6.07, 6.45) is 4.39. The molecule has 0 saturated carbocycles. The molecule has 2 heteroatoms. The minimum Gasteiger partial charge on any atom is -0.338 e. The van der Waals surface area contributed by atoms with Crippen molar-refractivity contribution in [3.63, 3.8) is 0 Å². The second kappa shape index (κ2) is 16.4. The van der Waals surface area contributed by atoms with Gasteiger partial charge in [-0.3, -0.25) is 0 Å². The van der Waals surface area contributed by atoms with E-state index in [2.05, 4.69) is 229 Å². The van der Waals surface area contributed by atoms with Gasteiger partial charge in [-0.2, -0.15) is 0 Å². The van der Waals surface area contributed by atoms with Gasteiger partial charge >= 0.3 is 0 Å². The molecule has 11 aromatic carbocycles. The first-order chi connectivity index (χ1) is 33.6. The Labute approximate surface area is 397 Å². The zero-order valence-corrected chi connectivity index (χ0v) is 38.8. The maximum atomic E-state index is 2.73. The van der Waals surface area contributed by atoms with Crippen LogP contribution in [-0.4, -0.2) is 9.13 Å². The van der Waals surface area contributed by atoms with E-state index in [1.807, 2.05) is 0 Å². The van der Waals surface area contributed by atoms with E-state index in [1.54, 1.807) is 0 Å². The molecule has 2 nitrogen and oxygen atoms in total. The molecule has 0 aliphatic carbocycles. The van der Waals surface area contributed by atoms with E-state index in [-0.39, 0.29) is 0 Å². The highest BCUT2D eigenvalue weighted by atomic mass is 15.0. The lowest BCUT2D eigenvalue weighted by atomic mass is 9.93. The van der Waals surface area contributed by atoms with Gasteiger partial charge in [0.15, 0.2) is 0 Å². The van der Waals surface area contributed by atoms with Crippen LogP contribution in [0, 0.1) is 0 Å². The molecule has 0 saturated heterocycles. The molecule has 0 radical (unpaired) electrons. The summed E-state index contributed by atoms with van der Waals surface area (Å²) >= 11 is 0. The van der Waals surface area contributed by atoms with Crippen molar-refractivity contribution < 1.29 is 0 Å². The summed E-state index contributed by atoms with van der Waals surface area (Å²) in [4.78, 5) is 0. The van der Waals surface area contributed by atoms with E-state index >= 15 is 0 Å². The van der Waals surface area contributed by atoms with E-state index < -0.39 is 0 Å². The van der Waals surface area contributed by atoms with E-state index in [4.69, 9.17) is 0 Å². The summed E-state index contributed by atoms with van der Waals surface area (Å²) in [5, 5.41) is 15.3. The van der Waals surface area contributed by atoms with Crippen LogP contribution < -0.4 is 0 Å². The smallest absolute Gasteiger partial charge is 0.0739 e. The van der Waals surface area contributed by atoms with E-state index in [9.17, 15) is 0 Å². The number of benzene rings is 11. The molecule has 326 valence electrons. The highest BCUT2D eigenvalue weighted by molar-refractivity contribution is 6.26. The van der Waals surface area contributed by atoms with Crippen LogP contribution in [0.15, 0.2) is 206 Å². The van der Waals surface area contributed by atoms with Gasteiger partial charge in [-0.05, 0) is 138 Å². The molecule has 0 atom stereocenters. The van der Waals surface area contributed by atoms with Crippen LogP contribution in [0.3, 0.4) is 0 Å². The van der Waals surface area contributed by atoms with Crippen LogP contribution in [0.5, 0.6) is 0 Å². The Morgan fingerprint density at radius 3 is 0.941 bits per heavy atom. The zero-order valence-electron chi connectivity index (χ0n) is 38.8. The van der Waals surface area contributed by atoms with Crippen molar-refractivity contribution >= 4 is 86.7 Å². The molecule has 0 amide bonds. The molecule has 0 aliphatic heterocycles. The highest BCUT2D eigenvalue weighted by Gasteiger charge is 2.25. The Balaban J connectivity index is 1.17. The quantitative estimate of drug-likeness (QED) is 0.130. The van der Waals surface area contributed by atoms with Crippen LogP contribution in [0.2, 0.25) is 0 Å². The van der Waals surface area contributed by atoms with Gasteiger partial charge in [-0.25, -0.2) is 0 Å². The van der Waals surface area contributed by atoms with Crippen LogP contribution in [0.4, 0.5) is 0 Å². The van der Waals surface area contributed by atoms with Crippen LogP contribution in [-0.2, 0) is 13.1 Å². The van der Waals surface area contributed by atoms with Gasteiger partial charge in [0, 0.05) is 45.8 Å².